The second kappa shape index (κ2) is 14.6. The molecule has 0 bridgehead atoms. The van der Waals surface area contributed by atoms with E-state index in [2.05, 4.69) is 108 Å². The van der Waals surface area contributed by atoms with Crippen molar-refractivity contribution in [2.24, 2.45) is 0 Å². The molecule has 0 aliphatic carbocycles. The van der Waals surface area contributed by atoms with E-state index in [9.17, 15) is 0 Å². The molecule has 278 valence electrons. The van der Waals surface area contributed by atoms with Crippen molar-refractivity contribution in [3.05, 3.63) is 212 Å². The van der Waals surface area contributed by atoms with E-state index in [4.69, 9.17) is 26.5 Å². The van der Waals surface area contributed by atoms with Crippen LogP contribution in [0.5, 0.6) is 0 Å². The van der Waals surface area contributed by atoms with Crippen molar-refractivity contribution in [3.8, 4) is 67.5 Å². The number of aromatic nitrogens is 4. The van der Waals surface area contributed by atoms with E-state index in [0.717, 1.165) is 82.5 Å². The van der Waals surface area contributed by atoms with Crippen LogP contribution in [-0.4, -0.2) is 19.9 Å². The van der Waals surface area contributed by atoms with Crippen LogP contribution in [-0.2, 0) is 0 Å². The van der Waals surface area contributed by atoms with Crippen molar-refractivity contribution < 1.29 is 0 Å². The smallest absolute Gasteiger partial charge is 0.194 e. The summed E-state index contributed by atoms with van der Waals surface area (Å²) < 4.78 is 0. The Balaban J connectivity index is 1.05. The fraction of sp³-hybridized carbons (Fsp3) is 0. The zero-order chi connectivity index (χ0) is 40.0. The number of rotatable bonds is 6. The molecule has 5 heteroatoms. The molecule has 5 nitrogen and oxygen atoms in total. The van der Waals surface area contributed by atoms with Crippen LogP contribution in [0.1, 0.15) is 0 Å². The van der Waals surface area contributed by atoms with E-state index in [1.54, 1.807) is 0 Å². The van der Waals surface area contributed by atoms with Gasteiger partial charge in [-0.1, -0.05) is 170 Å². The van der Waals surface area contributed by atoms with Gasteiger partial charge in [-0.3, -0.25) is 4.98 Å². The lowest BCUT2D eigenvalue weighted by Crippen LogP contribution is -2.00. The molecular formula is C55H33N5. The molecule has 0 saturated heterocycles. The van der Waals surface area contributed by atoms with E-state index in [0.29, 0.717) is 23.2 Å². The first-order chi connectivity index (χ1) is 29.7. The number of pyridine rings is 1. The molecule has 11 aromatic rings. The van der Waals surface area contributed by atoms with Crippen LogP contribution >= 0.6 is 0 Å². The van der Waals surface area contributed by atoms with Crippen LogP contribution in [0, 0.1) is 6.57 Å². The summed E-state index contributed by atoms with van der Waals surface area (Å²) >= 11 is 0. The van der Waals surface area contributed by atoms with Crippen molar-refractivity contribution in [3.63, 3.8) is 0 Å². The lowest BCUT2D eigenvalue weighted by Gasteiger charge is -2.16. The lowest BCUT2D eigenvalue weighted by atomic mass is 9.88. The second-order valence-corrected chi connectivity index (χ2v) is 14.9. The highest BCUT2D eigenvalue weighted by Gasteiger charge is 2.18. The van der Waals surface area contributed by atoms with E-state index >= 15 is 0 Å². The Morgan fingerprint density at radius 1 is 0.317 bits per heavy atom. The Kier molecular flexibility index (Phi) is 8.46. The molecule has 11 rings (SSSR count). The zero-order valence-corrected chi connectivity index (χ0v) is 32.3. The third-order valence-corrected chi connectivity index (χ3v) is 11.4. The van der Waals surface area contributed by atoms with E-state index in [1.165, 1.54) is 10.8 Å². The average Bonchev–Trinajstić information content (AvgIpc) is 3.33. The average molecular weight is 764 g/mol. The van der Waals surface area contributed by atoms with Gasteiger partial charge in [0.25, 0.3) is 0 Å². The Hall–Kier alpha value is -8.33. The predicted molar refractivity (Wildman–Crippen MR) is 247 cm³/mol. The molecule has 0 fully saturated rings. The third-order valence-electron chi connectivity index (χ3n) is 11.4. The van der Waals surface area contributed by atoms with Crippen LogP contribution in [0.15, 0.2) is 200 Å². The number of hydrogen-bond acceptors (Lipinski definition) is 4. The molecular weight excluding hydrogens is 731 g/mol. The summed E-state index contributed by atoms with van der Waals surface area (Å²) in [7, 11) is 0. The molecule has 0 spiro atoms. The van der Waals surface area contributed by atoms with Gasteiger partial charge < -0.3 is 0 Å². The predicted octanol–water partition coefficient (Wildman–Crippen LogP) is 14.4. The fourth-order valence-corrected chi connectivity index (χ4v) is 8.51. The molecule has 0 atom stereocenters. The van der Waals surface area contributed by atoms with Gasteiger partial charge in [-0.25, -0.2) is 19.8 Å². The van der Waals surface area contributed by atoms with Gasteiger partial charge in [0.1, 0.15) is 0 Å². The van der Waals surface area contributed by atoms with Gasteiger partial charge in [-0.2, -0.15) is 0 Å². The number of hydrogen-bond donors (Lipinski definition) is 0. The normalized spacial score (nSPS) is 11.3. The standard InChI is InChI=1S/C55H33N5/c1-56-51-30-29-41(42-20-10-11-23-45(42)51)35-25-27-36(28-26-35)48-34-49-44-22-9-8-21-43(44)47(33-50(49)46-24-13-31-57-52(46)48)39-18-12-19-40(32-39)55-59-53(37-14-4-2-5-15-37)58-54(60-55)38-16-6-3-7-17-38/h2-34H. The van der Waals surface area contributed by atoms with Crippen LogP contribution < -0.4 is 0 Å². The van der Waals surface area contributed by atoms with Crippen molar-refractivity contribution in [1.29, 1.82) is 0 Å². The Labute approximate surface area is 346 Å². The maximum atomic E-state index is 7.67. The van der Waals surface area contributed by atoms with Gasteiger partial charge in [0.2, 0.25) is 0 Å². The topological polar surface area (TPSA) is 55.9 Å². The summed E-state index contributed by atoms with van der Waals surface area (Å²) in [5.41, 5.74) is 11.0. The minimum atomic E-state index is 0.619. The molecule has 0 N–H and O–H groups in total. The second-order valence-electron chi connectivity index (χ2n) is 14.9. The number of fused-ring (bicyclic) bond motifs is 6. The summed E-state index contributed by atoms with van der Waals surface area (Å²) in [4.78, 5) is 23.7. The van der Waals surface area contributed by atoms with Crippen LogP contribution in [0.4, 0.5) is 5.69 Å². The first-order valence-corrected chi connectivity index (χ1v) is 19.9. The highest BCUT2D eigenvalue weighted by Crippen LogP contribution is 2.43. The van der Waals surface area contributed by atoms with Gasteiger partial charge in [0.15, 0.2) is 23.2 Å². The quantitative estimate of drug-likeness (QED) is 0.125. The Bertz CT molecular complexity index is 3420. The molecule has 0 aliphatic rings. The minimum absolute atomic E-state index is 0.619. The summed E-state index contributed by atoms with van der Waals surface area (Å²) in [6, 6.07) is 67.1. The molecule has 60 heavy (non-hydrogen) atoms. The largest absolute Gasteiger partial charge is 0.256 e. The summed E-state index contributed by atoms with van der Waals surface area (Å²) in [6.07, 6.45) is 1.88. The van der Waals surface area contributed by atoms with Gasteiger partial charge in [0, 0.05) is 33.8 Å². The highest BCUT2D eigenvalue weighted by atomic mass is 15.0. The maximum absolute atomic E-state index is 7.67. The van der Waals surface area contributed by atoms with Crippen LogP contribution in [0.3, 0.4) is 0 Å². The van der Waals surface area contributed by atoms with E-state index < -0.39 is 0 Å². The Morgan fingerprint density at radius 3 is 1.48 bits per heavy atom. The van der Waals surface area contributed by atoms with Crippen molar-refractivity contribution in [2.45, 2.75) is 0 Å². The third kappa shape index (κ3) is 6.03. The van der Waals surface area contributed by atoms with Crippen molar-refractivity contribution >= 4 is 48.9 Å². The summed E-state index contributed by atoms with van der Waals surface area (Å²) in [5.74, 6) is 1.89. The molecule has 0 unspecified atom stereocenters. The van der Waals surface area contributed by atoms with E-state index in [1.807, 2.05) is 97.2 Å². The van der Waals surface area contributed by atoms with E-state index in [-0.39, 0.29) is 0 Å². The van der Waals surface area contributed by atoms with Gasteiger partial charge >= 0.3 is 0 Å². The monoisotopic (exact) mass is 763 g/mol. The van der Waals surface area contributed by atoms with Gasteiger partial charge in [-0.15, -0.1) is 0 Å². The van der Waals surface area contributed by atoms with Crippen LogP contribution in [0.25, 0.3) is 116 Å². The maximum Gasteiger partial charge on any atom is 0.194 e. The molecule has 2 aromatic heterocycles. The fourth-order valence-electron chi connectivity index (χ4n) is 8.51. The summed E-state index contributed by atoms with van der Waals surface area (Å²) in [6.45, 7) is 7.67. The lowest BCUT2D eigenvalue weighted by molar-refractivity contribution is 1.07. The zero-order valence-electron chi connectivity index (χ0n) is 32.3. The SMILES string of the molecule is [C-]#[N+]c1ccc(-c2ccc(-c3cc4c5ccccc5c(-c5cccc(-c6nc(-c7ccccc7)nc(-c7ccccc7)n6)c5)cc4c4cccnc34)cc2)c2ccccc12. The molecule has 0 aliphatic heterocycles. The number of nitrogens with zero attached hydrogens (tertiary/aromatic N) is 5. The molecule has 0 radical (unpaired) electrons. The van der Waals surface area contributed by atoms with Crippen LogP contribution in [0.2, 0.25) is 0 Å². The highest BCUT2D eigenvalue weighted by molar-refractivity contribution is 6.23. The van der Waals surface area contributed by atoms with Gasteiger partial charge in [-0.05, 0) is 84.4 Å². The Morgan fingerprint density at radius 2 is 0.817 bits per heavy atom. The molecule has 9 aromatic carbocycles. The molecule has 0 amide bonds. The van der Waals surface area contributed by atoms with Gasteiger partial charge in [0.05, 0.1) is 12.1 Å². The number of benzene rings is 9. The van der Waals surface area contributed by atoms with Crippen molar-refractivity contribution in [2.75, 3.05) is 0 Å². The first kappa shape index (κ1) is 34.9. The summed E-state index contributed by atoms with van der Waals surface area (Å²) in [5, 5.41) is 7.78. The minimum Gasteiger partial charge on any atom is -0.256 e. The van der Waals surface area contributed by atoms with Crippen molar-refractivity contribution in [1.82, 2.24) is 19.9 Å². The first-order valence-electron chi connectivity index (χ1n) is 19.9. The molecule has 0 saturated carbocycles. The molecule has 2 heterocycles.